The number of unbranched alkanes of at least 4 members (excludes halogenated alkanes) is 8. The maximum Gasteiger partial charge on any atom is 0.305 e. The van der Waals surface area contributed by atoms with E-state index in [4.69, 9.17) is 4.74 Å². The smallest absolute Gasteiger partial charge is 0.305 e. The van der Waals surface area contributed by atoms with Crippen molar-refractivity contribution in [3.63, 3.8) is 0 Å². The summed E-state index contributed by atoms with van der Waals surface area (Å²) in [6.07, 6.45) is 16.1. The number of carbonyl (C=O) groups excluding carboxylic acids is 1. The minimum atomic E-state index is -0.988. The lowest BCUT2D eigenvalue weighted by Crippen LogP contribution is -2.35. The molecule has 2 aromatic rings. The number of carboxylic acids is 1. The number of rotatable bonds is 23. The Labute approximate surface area is 237 Å². The van der Waals surface area contributed by atoms with Gasteiger partial charge >= 0.3 is 5.97 Å². The van der Waals surface area contributed by atoms with E-state index in [0.29, 0.717) is 23.4 Å². The highest BCUT2D eigenvalue weighted by Crippen LogP contribution is 2.33. The van der Waals surface area contributed by atoms with Crippen molar-refractivity contribution in [3.05, 3.63) is 24.3 Å². The average molecular weight is 565 g/mol. The van der Waals surface area contributed by atoms with Crippen LogP contribution in [0.25, 0.3) is 10.2 Å². The molecule has 0 aliphatic rings. The minimum Gasteiger partial charge on any atom is -0.481 e. The second-order valence-corrected chi connectivity index (χ2v) is 12.6. The van der Waals surface area contributed by atoms with E-state index in [9.17, 15) is 14.7 Å². The fraction of sp³-hybridized carbons (Fsp3) is 0.700. The van der Waals surface area contributed by atoms with Crippen molar-refractivity contribution in [2.45, 2.75) is 113 Å². The number of para-hydroxylation sites is 1. The third-order valence-electron chi connectivity index (χ3n) is 6.72. The summed E-state index contributed by atoms with van der Waals surface area (Å²) in [5, 5.41) is 11.5. The Kier molecular flexibility index (Phi) is 17.4. The van der Waals surface area contributed by atoms with Crippen LogP contribution < -0.4 is 5.32 Å². The van der Waals surface area contributed by atoms with Crippen LogP contribution in [-0.4, -0.2) is 47.0 Å². The van der Waals surface area contributed by atoms with Gasteiger partial charge in [0.05, 0.1) is 16.6 Å². The van der Waals surface area contributed by atoms with Gasteiger partial charge in [-0.2, -0.15) is 0 Å². The van der Waals surface area contributed by atoms with Gasteiger partial charge in [-0.1, -0.05) is 102 Å². The molecule has 1 aromatic carbocycles. The van der Waals surface area contributed by atoms with Crippen molar-refractivity contribution in [1.82, 2.24) is 10.3 Å². The average Bonchev–Trinajstić information content (AvgIpc) is 3.31. The number of carboxylic acid groups (broad SMARTS) is 1. The van der Waals surface area contributed by atoms with Crippen LogP contribution >= 0.6 is 23.1 Å². The lowest BCUT2D eigenvalue weighted by Gasteiger charge is -2.18. The molecule has 0 saturated carbocycles. The van der Waals surface area contributed by atoms with Crippen LogP contribution in [0.3, 0.4) is 0 Å². The number of hydrogen-bond donors (Lipinski definition) is 2. The SMILES string of the molecule is CCCCCCCCC(CCCCCC)COCCCNC(=O)C(CC(=O)O)Sc1nc2ccccc2s1. The first-order chi connectivity index (χ1) is 18.5. The molecule has 0 aliphatic heterocycles. The number of ether oxygens (including phenoxy) is 1. The second-order valence-electron chi connectivity index (χ2n) is 10.1. The van der Waals surface area contributed by atoms with Crippen LogP contribution in [0.1, 0.15) is 104 Å². The van der Waals surface area contributed by atoms with Crippen LogP contribution in [0, 0.1) is 5.92 Å². The lowest BCUT2D eigenvalue weighted by molar-refractivity contribution is -0.138. The summed E-state index contributed by atoms with van der Waals surface area (Å²) in [6, 6.07) is 7.77. The number of amides is 1. The number of thioether (sulfide) groups is 1. The molecular formula is C30H48N2O4S2. The van der Waals surface area contributed by atoms with Crippen LogP contribution in [0.2, 0.25) is 0 Å². The number of aliphatic carboxylic acids is 1. The number of nitrogens with one attached hydrogen (secondary N) is 1. The monoisotopic (exact) mass is 564 g/mol. The van der Waals surface area contributed by atoms with Gasteiger partial charge in [-0.05, 0) is 37.3 Å². The maximum atomic E-state index is 12.8. The van der Waals surface area contributed by atoms with E-state index in [1.807, 2.05) is 24.3 Å². The molecule has 0 bridgehead atoms. The number of nitrogens with zero attached hydrogens (tertiary/aromatic N) is 1. The first-order valence-electron chi connectivity index (χ1n) is 14.6. The van der Waals surface area contributed by atoms with Gasteiger partial charge in [-0.3, -0.25) is 9.59 Å². The number of fused-ring (bicyclic) bond motifs is 1. The van der Waals surface area contributed by atoms with Gasteiger partial charge in [0.15, 0.2) is 4.34 Å². The Morgan fingerprint density at radius 2 is 1.63 bits per heavy atom. The summed E-state index contributed by atoms with van der Waals surface area (Å²) in [5.41, 5.74) is 0.867. The summed E-state index contributed by atoms with van der Waals surface area (Å²) in [4.78, 5) is 28.7. The fourth-order valence-electron chi connectivity index (χ4n) is 4.50. The predicted octanol–water partition coefficient (Wildman–Crippen LogP) is 8.09. The zero-order valence-electron chi connectivity index (χ0n) is 23.4. The molecule has 2 rings (SSSR count). The molecule has 6 nitrogen and oxygen atoms in total. The molecule has 1 aromatic heterocycles. The van der Waals surface area contributed by atoms with Crippen molar-refractivity contribution >= 4 is 45.2 Å². The highest BCUT2D eigenvalue weighted by atomic mass is 32.2. The Morgan fingerprint density at radius 3 is 2.32 bits per heavy atom. The van der Waals surface area contributed by atoms with Crippen molar-refractivity contribution in [2.75, 3.05) is 19.8 Å². The lowest BCUT2D eigenvalue weighted by atomic mass is 9.95. The standard InChI is InChI=1S/C30H48N2O4S2/c1-3-5-7-9-10-12-17-24(16-11-8-6-4-2)23-36-21-15-20-31-29(35)27(22-28(33)34)38-30-32-25-18-13-14-19-26(25)37-30/h13-14,18-19,24,27H,3-12,15-17,20-23H2,1-2H3,(H,31,35)(H,33,34). The van der Waals surface area contributed by atoms with E-state index < -0.39 is 11.2 Å². The Balaban J connectivity index is 1.70. The molecule has 0 radical (unpaired) electrons. The Hall–Kier alpha value is -1.64. The van der Waals surface area contributed by atoms with E-state index >= 15 is 0 Å². The third kappa shape index (κ3) is 13.9. The largest absolute Gasteiger partial charge is 0.481 e. The normalized spacial score (nSPS) is 13.0. The van der Waals surface area contributed by atoms with E-state index in [0.717, 1.165) is 23.2 Å². The van der Waals surface area contributed by atoms with Gasteiger partial charge in [0, 0.05) is 19.8 Å². The number of hydrogen-bond acceptors (Lipinski definition) is 6. The van der Waals surface area contributed by atoms with Gasteiger partial charge in [-0.25, -0.2) is 4.98 Å². The summed E-state index contributed by atoms with van der Waals surface area (Å²) in [7, 11) is 0. The van der Waals surface area contributed by atoms with Crippen molar-refractivity contribution < 1.29 is 19.4 Å². The molecular weight excluding hydrogens is 516 g/mol. The molecule has 38 heavy (non-hydrogen) atoms. The number of benzene rings is 1. The minimum absolute atomic E-state index is 0.235. The van der Waals surface area contributed by atoms with Gasteiger partial charge in [0.1, 0.15) is 5.25 Å². The first-order valence-corrected chi connectivity index (χ1v) is 16.3. The van der Waals surface area contributed by atoms with Crippen LogP contribution in [0.15, 0.2) is 28.6 Å². The zero-order valence-corrected chi connectivity index (χ0v) is 25.1. The van der Waals surface area contributed by atoms with Crippen LogP contribution in [-0.2, 0) is 14.3 Å². The molecule has 0 fully saturated rings. The van der Waals surface area contributed by atoms with E-state index in [2.05, 4.69) is 24.1 Å². The number of thiazole rings is 1. The van der Waals surface area contributed by atoms with Crippen molar-refractivity contribution in [2.24, 2.45) is 5.92 Å². The quantitative estimate of drug-likeness (QED) is 0.105. The van der Waals surface area contributed by atoms with Gasteiger partial charge in [-0.15, -0.1) is 11.3 Å². The third-order valence-corrected chi connectivity index (χ3v) is 9.05. The van der Waals surface area contributed by atoms with E-state index in [1.165, 1.54) is 100 Å². The second kappa shape index (κ2) is 20.3. The molecule has 2 unspecified atom stereocenters. The molecule has 0 aliphatic carbocycles. The molecule has 2 atom stereocenters. The molecule has 8 heteroatoms. The number of aromatic nitrogens is 1. The van der Waals surface area contributed by atoms with Gasteiger partial charge in [0.2, 0.25) is 5.91 Å². The van der Waals surface area contributed by atoms with Crippen molar-refractivity contribution in [3.8, 4) is 0 Å². The van der Waals surface area contributed by atoms with Crippen LogP contribution in [0.4, 0.5) is 0 Å². The summed E-state index contributed by atoms with van der Waals surface area (Å²) in [5.74, 6) is -0.622. The first kappa shape index (κ1) is 32.6. The highest BCUT2D eigenvalue weighted by Gasteiger charge is 2.24. The molecule has 0 spiro atoms. The fourth-order valence-corrected chi connectivity index (χ4v) is 6.82. The maximum absolute atomic E-state index is 12.8. The summed E-state index contributed by atoms with van der Waals surface area (Å²) >= 11 is 2.72. The van der Waals surface area contributed by atoms with Gasteiger partial charge < -0.3 is 15.2 Å². The topological polar surface area (TPSA) is 88.5 Å². The Bertz CT molecular complexity index is 888. The molecule has 214 valence electrons. The highest BCUT2D eigenvalue weighted by molar-refractivity contribution is 8.02. The summed E-state index contributed by atoms with van der Waals surface area (Å²) < 4.78 is 7.77. The number of carbonyl (C=O) groups is 2. The predicted molar refractivity (Wildman–Crippen MR) is 160 cm³/mol. The molecule has 2 N–H and O–H groups in total. The molecule has 1 amide bonds. The van der Waals surface area contributed by atoms with Gasteiger partial charge in [0.25, 0.3) is 0 Å². The van der Waals surface area contributed by atoms with Crippen molar-refractivity contribution in [1.29, 1.82) is 0 Å². The molecule has 1 heterocycles. The van der Waals surface area contributed by atoms with Crippen LogP contribution in [0.5, 0.6) is 0 Å². The van der Waals surface area contributed by atoms with E-state index in [1.54, 1.807) is 0 Å². The molecule has 0 saturated heterocycles. The summed E-state index contributed by atoms with van der Waals surface area (Å²) in [6.45, 7) is 6.39. The zero-order chi connectivity index (χ0) is 27.4. The Morgan fingerprint density at radius 1 is 0.974 bits per heavy atom. The van der Waals surface area contributed by atoms with E-state index in [-0.39, 0.29) is 12.3 Å².